The van der Waals surface area contributed by atoms with Gasteiger partial charge in [0, 0.05) is 31.4 Å². The van der Waals surface area contributed by atoms with Crippen LogP contribution in [-0.4, -0.2) is 33.0 Å². The number of amides is 1. The maximum atomic E-state index is 13.5. The average Bonchev–Trinajstić information content (AvgIpc) is 2.95. The summed E-state index contributed by atoms with van der Waals surface area (Å²) in [5, 5.41) is 16.3. The van der Waals surface area contributed by atoms with Gasteiger partial charge in [0.15, 0.2) is 14.9 Å². The number of aryl methyl sites for hydroxylation is 1. The van der Waals surface area contributed by atoms with Crippen molar-refractivity contribution in [3.05, 3.63) is 40.8 Å². The molecule has 0 saturated heterocycles. The minimum Gasteiger partial charge on any atom is -0.321 e. The monoisotopic (exact) mass is 418 g/mol. The standard InChI is InChI=1S/C19H23FN6O2S/c1-11(2)16-8-6-14-17(26(4)24-19(14)29(28,22-3)25-16)18(27)23-13-5-7-15(20)12(9-13)10-21/h5,7,9,11,16H,6,8H2,1-4H3,(H,23,27)(H,22,25,28). The van der Waals surface area contributed by atoms with Crippen LogP contribution in [0.5, 0.6) is 0 Å². The molecule has 2 aromatic rings. The van der Waals surface area contributed by atoms with Crippen LogP contribution >= 0.6 is 0 Å². The predicted octanol–water partition coefficient (Wildman–Crippen LogP) is 2.62. The number of rotatable bonds is 3. The summed E-state index contributed by atoms with van der Waals surface area (Å²) in [6.07, 6.45) is 1.19. The third kappa shape index (κ3) is 3.88. The van der Waals surface area contributed by atoms with Crippen molar-refractivity contribution in [1.82, 2.24) is 14.5 Å². The van der Waals surface area contributed by atoms with Gasteiger partial charge < -0.3 is 5.32 Å². The highest BCUT2D eigenvalue weighted by Gasteiger charge is 2.34. The molecule has 2 heterocycles. The molecule has 0 spiro atoms. The van der Waals surface area contributed by atoms with Gasteiger partial charge in [-0.1, -0.05) is 13.8 Å². The van der Waals surface area contributed by atoms with Gasteiger partial charge >= 0.3 is 0 Å². The molecule has 2 unspecified atom stereocenters. The zero-order valence-electron chi connectivity index (χ0n) is 16.7. The summed E-state index contributed by atoms with van der Waals surface area (Å²) in [7, 11) is 0.0999. The fourth-order valence-corrected chi connectivity index (χ4v) is 5.34. The molecule has 0 aliphatic carbocycles. The van der Waals surface area contributed by atoms with Crippen molar-refractivity contribution in [1.29, 1.82) is 5.26 Å². The third-order valence-corrected chi connectivity index (χ3v) is 7.00. The van der Waals surface area contributed by atoms with E-state index in [-0.39, 0.29) is 33.9 Å². The molecule has 3 rings (SSSR count). The fourth-order valence-electron chi connectivity index (χ4n) is 3.38. The first-order chi connectivity index (χ1) is 13.7. The van der Waals surface area contributed by atoms with Crippen LogP contribution in [0.15, 0.2) is 27.6 Å². The molecular formula is C19H23FN6O2S. The Bertz CT molecular complexity index is 1120. The summed E-state index contributed by atoms with van der Waals surface area (Å²) in [6.45, 7) is 4.07. The van der Waals surface area contributed by atoms with Crippen molar-refractivity contribution in [3.63, 3.8) is 0 Å². The quantitative estimate of drug-likeness (QED) is 0.798. The summed E-state index contributed by atoms with van der Waals surface area (Å²) in [5.74, 6) is -0.899. The number of carbonyl (C=O) groups excluding carboxylic acids is 1. The number of nitriles is 1. The molecule has 2 N–H and O–H groups in total. The number of halogens is 1. The van der Waals surface area contributed by atoms with E-state index in [1.54, 1.807) is 13.1 Å². The molecule has 1 aliphatic rings. The smallest absolute Gasteiger partial charge is 0.274 e. The lowest BCUT2D eigenvalue weighted by Crippen LogP contribution is -2.37. The first-order valence-electron chi connectivity index (χ1n) is 9.19. The van der Waals surface area contributed by atoms with Crippen LogP contribution in [0.2, 0.25) is 0 Å². The SMILES string of the molecule is CN=S1(=O)NC(C(C)C)CCc2c1nn(C)c2C(=O)Nc1ccc(F)c(C#N)c1. The summed E-state index contributed by atoms with van der Waals surface area (Å²) in [5.41, 5.74) is 0.975. The van der Waals surface area contributed by atoms with Crippen LogP contribution in [0.1, 0.15) is 41.9 Å². The van der Waals surface area contributed by atoms with Gasteiger partial charge in [-0.05, 0) is 37.0 Å². The maximum Gasteiger partial charge on any atom is 0.274 e. The second-order valence-electron chi connectivity index (χ2n) is 7.23. The minimum absolute atomic E-state index is 0.0306. The van der Waals surface area contributed by atoms with Crippen molar-refractivity contribution in [3.8, 4) is 6.07 Å². The Morgan fingerprint density at radius 2 is 2.24 bits per heavy atom. The number of nitrogens with zero attached hydrogens (tertiary/aromatic N) is 4. The van der Waals surface area contributed by atoms with Gasteiger partial charge in [-0.2, -0.15) is 10.4 Å². The highest BCUT2D eigenvalue weighted by atomic mass is 32.2. The first-order valence-corrected chi connectivity index (χ1v) is 10.7. The number of hydrogen-bond donors (Lipinski definition) is 2. The molecule has 0 bridgehead atoms. The zero-order chi connectivity index (χ0) is 21.3. The van der Waals surface area contributed by atoms with E-state index in [0.29, 0.717) is 18.4 Å². The van der Waals surface area contributed by atoms with Gasteiger partial charge in [0.2, 0.25) is 0 Å². The number of fused-ring (bicyclic) bond motifs is 1. The molecule has 10 heteroatoms. The van der Waals surface area contributed by atoms with E-state index in [9.17, 15) is 13.4 Å². The zero-order valence-corrected chi connectivity index (χ0v) is 17.5. The van der Waals surface area contributed by atoms with E-state index in [1.807, 2.05) is 13.8 Å². The van der Waals surface area contributed by atoms with E-state index in [0.717, 1.165) is 6.07 Å². The summed E-state index contributed by atoms with van der Waals surface area (Å²) in [6, 6.07) is 5.48. The maximum absolute atomic E-state index is 13.5. The molecule has 1 aromatic carbocycles. The van der Waals surface area contributed by atoms with Crippen molar-refractivity contribution in [2.45, 2.75) is 37.8 Å². The molecule has 0 fully saturated rings. The number of carbonyl (C=O) groups is 1. The van der Waals surface area contributed by atoms with Crippen molar-refractivity contribution in [2.24, 2.45) is 17.3 Å². The minimum atomic E-state index is -2.97. The van der Waals surface area contributed by atoms with E-state index in [1.165, 1.54) is 23.9 Å². The Morgan fingerprint density at radius 3 is 2.86 bits per heavy atom. The summed E-state index contributed by atoms with van der Waals surface area (Å²) < 4.78 is 35.6. The Labute approximate surface area is 169 Å². The highest BCUT2D eigenvalue weighted by Crippen LogP contribution is 2.28. The second-order valence-corrected chi connectivity index (χ2v) is 9.27. The Balaban J connectivity index is 2.02. The summed E-state index contributed by atoms with van der Waals surface area (Å²) in [4.78, 5) is 13.0. The molecule has 29 heavy (non-hydrogen) atoms. The first kappa shape index (κ1) is 21.0. The lowest BCUT2D eigenvalue weighted by Gasteiger charge is -2.20. The Morgan fingerprint density at radius 1 is 1.52 bits per heavy atom. The highest BCUT2D eigenvalue weighted by molar-refractivity contribution is 7.91. The van der Waals surface area contributed by atoms with E-state index < -0.39 is 21.6 Å². The third-order valence-electron chi connectivity index (χ3n) is 5.01. The van der Waals surface area contributed by atoms with Gasteiger partial charge in [0.05, 0.1) is 5.56 Å². The van der Waals surface area contributed by atoms with Gasteiger partial charge in [0.25, 0.3) is 5.91 Å². The second kappa shape index (κ2) is 7.93. The molecular weight excluding hydrogens is 395 g/mol. The molecule has 0 saturated carbocycles. The predicted molar refractivity (Wildman–Crippen MR) is 107 cm³/mol. The lowest BCUT2D eigenvalue weighted by molar-refractivity contribution is 0.101. The fraction of sp³-hybridized carbons (Fsp3) is 0.421. The molecule has 1 aromatic heterocycles. The Hall–Kier alpha value is -2.77. The number of anilines is 1. The van der Waals surface area contributed by atoms with Crippen LogP contribution in [0.3, 0.4) is 0 Å². The average molecular weight is 418 g/mol. The van der Waals surface area contributed by atoms with E-state index in [2.05, 4.69) is 19.5 Å². The molecule has 8 nitrogen and oxygen atoms in total. The van der Waals surface area contributed by atoms with Crippen molar-refractivity contribution < 1.29 is 13.4 Å². The van der Waals surface area contributed by atoms with E-state index in [4.69, 9.17) is 5.26 Å². The van der Waals surface area contributed by atoms with Gasteiger partial charge in [-0.15, -0.1) is 0 Å². The van der Waals surface area contributed by atoms with Crippen molar-refractivity contribution >= 4 is 21.5 Å². The molecule has 0 radical (unpaired) electrons. The van der Waals surface area contributed by atoms with Crippen LogP contribution in [0.25, 0.3) is 0 Å². The van der Waals surface area contributed by atoms with Crippen LogP contribution in [-0.2, 0) is 23.4 Å². The number of nitrogens with one attached hydrogen (secondary N) is 2. The molecule has 1 aliphatic heterocycles. The largest absolute Gasteiger partial charge is 0.321 e. The van der Waals surface area contributed by atoms with Crippen LogP contribution in [0, 0.1) is 23.1 Å². The van der Waals surface area contributed by atoms with Gasteiger partial charge in [0.1, 0.15) is 17.6 Å². The number of hydrogen-bond acceptors (Lipinski definition) is 5. The Kier molecular flexibility index (Phi) is 5.73. The topological polar surface area (TPSA) is 112 Å². The van der Waals surface area contributed by atoms with Gasteiger partial charge in [-0.3, -0.25) is 9.48 Å². The van der Waals surface area contributed by atoms with Gasteiger partial charge in [-0.25, -0.2) is 17.7 Å². The summed E-state index contributed by atoms with van der Waals surface area (Å²) >= 11 is 0. The van der Waals surface area contributed by atoms with Crippen LogP contribution in [0.4, 0.5) is 10.1 Å². The lowest BCUT2D eigenvalue weighted by atomic mass is 9.97. The molecule has 2 atom stereocenters. The number of aromatic nitrogens is 2. The van der Waals surface area contributed by atoms with Crippen LogP contribution < -0.4 is 10.0 Å². The molecule has 1 amide bonds. The normalized spacial score (nSPS) is 21.2. The molecule has 154 valence electrons. The number of benzene rings is 1. The van der Waals surface area contributed by atoms with Crippen molar-refractivity contribution in [2.75, 3.05) is 12.4 Å². The van der Waals surface area contributed by atoms with E-state index >= 15 is 0 Å².